The van der Waals surface area contributed by atoms with Gasteiger partial charge in [-0.2, -0.15) is 5.26 Å². The first kappa shape index (κ1) is 14.4. The molecule has 1 unspecified atom stereocenters. The number of carbonyl (C=O) groups is 1. The summed E-state index contributed by atoms with van der Waals surface area (Å²) >= 11 is 11.8. The van der Waals surface area contributed by atoms with E-state index in [1.807, 2.05) is 12.1 Å². The standard InChI is InChI=1S/C15H10Cl2N2O/c16-11-6-7-12(13(17)8-11)15(20)19-14(9-18)10-4-2-1-3-5-10/h1-8,14H,(H,19,20). The third-order valence-electron chi connectivity index (χ3n) is 2.71. The summed E-state index contributed by atoms with van der Waals surface area (Å²) in [5, 5.41) is 12.5. The smallest absolute Gasteiger partial charge is 0.254 e. The van der Waals surface area contributed by atoms with Gasteiger partial charge in [0.05, 0.1) is 16.7 Å². The molecule has 0 aliphatic heterocycles. The Labute approximate surface area is 126 Å². The Balaban J connectivity index is 2.20. The number of nitriles is 1. The molecule has 20 heavy (non-hydrogen) atoms. The van der Waals surface area contributed by atoms with Gasteiger partial charge in [-0.1, -0.05) is 53.5 Å². The van der Waals surface area contributed by atoms with Gasteiger partial charge in [0.2, 0.25) is 0 Å². The first-order valence-electron chi connectivity index (χ1n) is 5.82. The third kappa shape index (κ3) is 3.30. The first-order valence-corrected chi connectivity index (χ1v) is 6.58. The van der Waals surface area contributed by atoms with Crippen LogP contribution in [0.3, 0.4) is 0 Å². The Morgan fingerprint density at radius 2 is 1.85 bits per heavy atom. The molecule has 0 spiro atoms. The summed E-state index contributed by atoms with van der Waals surface area (Å²) < 4.78 is 0. The van der Waals surface area contributed by atoms with E-state index < -0.39 is 11.9 Å². The molecule has 0 heterocycles. The van der Waals surface area contributed by atoms with Crippen LogP contribution in [0.4, 0.5) is 0 Å². The van der Waals surface area contributed by atoms with Crippen molar-refractivity contribution in [3.8, 4) is 6.07 Å². The van der Waals surface area contributed by atoms with Gasteiger partial charge in [0, 0.05) is 5.02 Å². The molecule has 0 aliphatic rings. The maximum Gasteiger partial charge on any atom is 0.254 e. The minimum Gasteiger partial charge on any atom is -0.332 e. The maximum atomic E-state index is 12.1. The fraction of sp³-hybridized carbons (Fsp3) is 0.0667. The molecule has 100 valence electrons. The molecule has 2 aromatic rings. The van der Waals surface area contributed by atoms with Crippen LogP contribution in [0.15, 0.2) is 48.5 Å². The molecule has 0 fully saturated rings. The van der Waals surface area contributed by atoms with E-state index in [9.17, 15) is 4.79 Å². The lowest BCUT2D eigenvalue weighted by Gasteiger charge is -2.12. The second-order valence-corrected chi connectivity index (χ2v) is 4.91. The fourth-order valence-corrected chi connectivity index (χ4v) is 2.21. The Morgan fingerprint density at radius 3 is 2.45 bits per heavy atom. The molecule has 0 radical (unpaired) electrons. The molecule has 2 rings (SSSR count). The quantitative estimate of drug-likeness (QED) is 0.932. The van der Waals surface area contributed by atoms with E-state index in [1.165, 1.54) is 12.1 Å². The van der Waals surface area contributed by atoms with Crippen LogP contribution < -0.4 is 5.32 Å². The van der Waals surface area contributed by atoms with Gasteiger partial charge in [-0.05, 0) is 23.8 Å². The molecular formula is C15H10Cl2N2O. The average Bonchev–Trinajstić information content (AvgIpc) is 2.45. The lowest BCUT2D eigenvalue weighted by Crippen LogP contribution is -2.27. The second-order valence-electron chi connectivity index (χ2n) is 4.07. The second kappa shape index (κ2) is 6.42. The van der Waals surface area contributed by atoms with E-state index in [1.54, 1.807) is 30.3 Å². The highest BCUT2D eigenvalue weighted by atomic mass is 35.5. The molecule has 3 nitrogen and oxygen atoms in total. The monoisotopic (exact) mass is 304 g/mol. The summed E-state index contributed by atoms with van der Waals surface area (Å²) in [6, 6.07) is 14.9. The van der Waals surface area contributed by atoms with Crippen LogP contribution in [0.25, 0.3) is 0 Å². The Hall–Kier alpha value is -2.02. The molecular weight excluding hydrogens is 295 g/mol. The Kier molecular flexibility index (Phi) is 4.62. The summed E-state index contributed by atoms with van der Waals surface area (Å²) in [6.07, 6.45) is 0. The van der Waals surface area contributed by atoms with Crippen molar-refractivity contribution in [1.29, 1.82) is 5.26 Å². The van der Waals surface area contributed by atoms with Gasteiger partial charge >= 0.3 is 0 Å². The first-order chi connectivity index (χ1) is 9.61. The molecule has 2 aromatic carbocycles. The number of benzene rings is 2. The summed E-state index contributed by atoms with van der Waals surface area (Å²) in [4.78, 5) is 12.1. The van der Waals surface area contributed by atoms with Crippen LogP contribution in [-0.2, 0) is 0 Å². The van der Waals surface area contributed by atoms with E-state index >= 15 is 0 Å². The summed E-state index contributed by atoms with van der Waals surface area (Å²) in [5.74, 6) is -0.415. The average molecular weight is 305 g/mol. The Morgan fingerprint density at radius 1 is 1.15 bits per heavy atom. The highest BCUT2D eigenvalue weighted by Crippen LogP contribution is 2.22. The molecule has 1 amide bonds. The number of nitrogens with zero attached hydrogens (tertiary/aromatic N) is 1. The normalized spacial score (nSPS) is 11.4. The van der Waals surface area contributed by atoms with Gasteiger partial charge in [0.15, 0.2) is 0 Å². The van der Waals surface area contributed by atoms with Gasteiger partial charge in [0.25, 0.3) is 5.91 Å². The van der Waals surface area contributed by atoms with Crippen molar-refractivity contribution >= 4 is 29.1 Å². The van der Waals surface area contributed by atoms with E-state index in [2.05, 4.69) is 5.32 Å². The maximum absolute atomic E-state index is 12.1. The zero-order chi connectivity index (χ0) is 14.5. The minimum atomic E-state index is -0.726. The van der Waals surface area contributed by atoms with E-state index in [0.717, 1.165) is 0 Å². The SMILES string of the molecule is N#CC(NC(=O)c1ccc(Cl)cc1Cl)c1ccccc1. The number of amides is 1. The molecule has 0 aliphatic carbocycles. The van der Waals surface area contributed by atoms with Crippen LogP contribution in [-0.4, -0.2) is 5.91 Å². The number of hydrogen-bond donors (Lipinski definition) is 1. The van der Waals surface area contributed by atoms with Crippen LogP contribution in [0.5, 0.6) is 0 Å². The predicted octanol–water partition coefficient (Wildman–Crippen LogP) is 3.99. The summed E-state index contributed by atoms with van der Waals surface area (Å²) in [5.41, 5.74) is 1.00. The van der Waals surface area contributed by atoms with Gasteiger partial charge in [-0.15, -0.1) is 0 Å². The minimum absolute atomic E-state index is 0.250. The summed E-state index contributed by atoms with van der Waals surface area (Å²) in [7, 11) is 0. The number of halogens is 2. The van der Waals surface area contributed by atoms with Gasteiger partial charge in [0.1, 0.15) is 6.04 Å². The molecule has 0 aromatic heterocycles. The van der Waals surface area contributed by atoms with Crippen molar-refractivity contribution in [3.05, 3.63) is 69.7 Å². The zero-order valence-corrected chi connectivity index (χ0v) is 11.8. The van der Waals surface area contributed by atoms with Crippen LogP contribution >= 0.6 is 23.2 Å². The van der Waals surface area contributed by atoms with Gasteiger partial charge in [-0.3, -0.25) is 4.79 Å². The number of hydrogen-bond acceptors (Lipinski definition) is 2. The van der Waals surface area contributed by atoms with Crippen molar-refractivity contribution in [2.24, 2.45) is 0 Å². The van der Waals surface area contributed by atoms with Gasteiger partial charge in [-0.25, -0.2) is 0 Å². The van der Waals surface area contributed by atoms with Crippen LogP contribution in [0.1, 0.15) is 22.0 Å². The van der Waals surface area contributed by atoms with Crippen molar-refractivity contribution in [1.82, 2.24) is 5.32 Å². The molecule has 1 N–H and O–H groups in total. The Bertz CT molecular complexity index is 665. The lowest BCUT2D eigenvalue weighted by atomic mass is 10.1. The van der Waals surface area contributed by atoms with E-state index in [0.29, 0.717) is 10.6 Å². The molecule has 0 saturated heterocycles. The molecule has 1 atom stereocenters. The highest BCUT2D eigenvalue weighted by Gasteiger charge is 2.17. The fourth-order valence-electron chi connectivity index (χ4n) is 1.72. The summed E-state index contributed by atoms with van der Waals surface area (Å²) in [6.45, 7) is 0. The highest BCUT2D eigenvalue weighted by molar-refractivity contribution is 6.36. The van der Waals surface area contributed by atoms with Crippen LogP contribution in [0, 0.1) is 11.3 Å². The molecule has 5 heteroatoms. The third-order valence-corrected chi connectivity index (χ3v) is 3.26. The number of carbonyl (C=O) groups excluding carboxylic acids is 1. The molecule has 0 bridgehead atoms. The van der Waals surface area contributed by atoms with Crippen molar-refractivity contribution in [2.75, 3.05) is 0 Å². The van der Waals surface area contributed by atoms with Crippen molar-refractivity contribution in [2.45, 2.75) is 6.04 Å². The topological polar surface area (TPSA) is 52.9 Å². The zero-order valence-electron chi connectivity index (χ0n) is 10.3. The largest absolute Gasteiger partial charge is 0.332 e. The van der Waals surface area contributed by atoms with Gasteiger partial charge < -0.3 is 5.32 Å². The van der Waals surface area contributed by atoms with E-state index in [4.69, 9.17) is 28.5 Å². The van der Waals surface area contributed by atoms with E-state index in [-0.39, 0.29) is 10.6 Å². The molecule has 0 saturated carbocycles. The number of nitrogens with one attached hydrogen (secondary N) is 1. The van der Waals surface area contributed by atoms with Crippen LogP contribution in [0.2, 0.25) is 10.0 Å². The van der Waals surface area contributed by atoms with Crippen molar-refractivity contribution < 1.29 is 4.79 Å². The lowest BCUT2D eigenvalue weighted by molar-refractivity contribution is 0.0945. The predicted molar refractivity (Wildman–Crippen MR) is 78.7 cm³/mol. The number of rotatable bonds is 3. The van der Waals surface area contributed by atoms with Crippen molar-refractivity contribution in [3.63, 3.8) is 0 Å².